The second-order valence-corrected chi connectivity index (χ2v) is 7.28. The minimum absolute atomic E-state index is 0.0126. The van der Waals surface area contributed by atoms with E-state index in [9.17, 15) is 9.46 Å². The molecule has 4 nitrogen and oxygen atoms in total. The van der Waals surface area contributed by atoms with Crippen molar-refractivity contribution < 1.29 is 14.6 Å². The molecule has 4 N–H and O–H groups in total. The molecule has 5 heteroatoms. The number of aliphatic hydroxyl groups excluding tert-OH is 1. The fraction of sp³-hybridized carbons (Fsp3) is 1.00. The Balaban J connectivity index is 2.42. The summed E-state index contributed by atoms with van der Waals surface area (Å²) in [7, 11) is -3.15. The lowest BCUT2D eigenvalue weighted by atomic mass is 9.87. The van der Waals surface area contributed by atoms with E-state index in [1.165, 1.54) is 0 Å². The van der Waals surface area contributed by atoms with Crippen LogP contribution in [0.3, 0.4) is 0 Å². The molecule has 1 aliphatic carbocycles. The van der Waals surface area contributed by atoms with Gasteiger partial charge in [0, 0.05) is 12.2 Å². The second kappa shape index (κ2) is 5.44. The molecule has 15 heavy (non-hydrogen) atoms. The van der Waals surface area contributed by atoms with E-state index < -0.39 is 13.5 Å². The van der Waals surface area contributed by atoms with Gasteiger partial charge in [0.25, 0.3) is 0 Å². The van der Waals surface area contributed by atoms with Crippen LogP contribution in [-0.4, -0.2) is 34.5 Å². The van der Waals surface area contributed by atoms with E-state index in [1.54, 1.807) is 6.92 Å². The highest BCUT2D eigenvalue weighted by Crippen LogP contribution is 2.45. The van der Waals surface area contributed by atoms with Crippen LogP contribution in [0, 0.1) is 5.92 Å². The lowest BCUT2D eigenvalue weighted by Crippen LogP contribution is -2.29. The highest BCUT2D eigenvalue weighted by molar-refractivity contribution is 7.58. The number of rotatable bonds is 4. The monoisotopic (exact) mass is 235 g/mol. The van der Waals surface area contributed by atoms with Crippen LogP contribution in [-0.2, 0) is 4.57 Å². The summed E-state index contributed by atoms with van der Waals surface area (Å²) >= 11 is 0. The van der Waals surface area contributed by atoms with E-state index in [0.29, 0.717) is 6.16 Å². The van der Waals surface area contributed by atoms with E-state index in [4.69, 9.17) is 10.8 Å². The molecule has 0 spiro atoms. The standard InChI is InChI=1S/C10H22NO3P/c1-8(12)6-15(13,14)7-9-3-2-4-10(11)5-9/h8-10,12H,2-7,11H2,1H3,(H,13,14)/t8-,9?,10?/m1/s1. The smallest absolute Gasteiger partial charge is 0.203 e. The van der Waals surface area contributed by atoms with E-state index >= 15 is 0 Å². The van der Waals surface area contributed by atoms with Gasteiger partial charge < -0.3 is 15.7 Å². The molecule has 1 fully saturated rings. The predicted octanol–water partition coefficient (Wildman–Crippen LogP) is 1.16. The van der Waals surface area contributed by atoms with Gasteiger partial charge in [0.1, 0.15) is 0 Å². The van der Waals surface area contributed by atoms with Gasteiger partial charge in [-0.25, -0.2) is 0 Å². The molecule has 4 atom stereocenters. The summed E-state index contributed by atoms with van der Waals surface area (Å²) < 4.78 is 11.8. The van der Waals surface area contributed by atoms with Crippen molar-refractivity contribution in [2.45, 2.75) is 44.8 Å². The first-order valence-corrected chi connectivity index (χ1v) is 7.66. The van der Waals surface area contributed by atoms with Gasteiger partial charge in [-0.1, -0.05) is 6.42 Å². The maximum absolute atomic E-state index is 11.8. The quantitative estimate of drug-likeness (QED) is 0.638. The Morgan fingerprint density at radius 3 is 2.73 bits per heavy atom. The predicted molar refractivity (Wildman–Crippen MR) is 61.2 cm³/mol. The zero-order chi connectivity index (χ0) is 11.5. The average molecular weight is 235 g/mol. The van der Waals surface area contributed by atoms with E-state index in [1.807, 2.05) is 0 Å². The minimum atomic E-state index is -3.15. The summed E-state index contributed by atoms with van der Waals surface area (Å²) in [5.74, 6) is 0.267. The molecule has 1 aliphatic rings. The molecule has 0 amide bonds. The van der Waals surface area contributed by atoms with Gasteiger partial charge in [-0.15, -0.1) is 0 Å². The van der Waals surface area contributed by atoms with E-state index in [2.05, 4.69) is 0 Å². The SMILES string of the molecule is C[C@@H](O)CP(=O)(O)CC1CCCC(N)C1. The molecule has 0 saturated heterocycles. The largest absolute Gasteiger partial charge is 0.393 e. The summed E-state index contributed by atoms with van der Waals surface area (Å²) in [4.78, 5) is 9.68. The average Bonchev–Trinajstić information content (AvgIpc) is 1.99. The highest BCUT2D eigenvalue weighted by atomic mass is 31.2. The zero-order valence-electron chi connectivity index (χ0n) is 9.30. The van der Waals surface area contributed by atoms with Crippen LogP contribution in [0.5, 0.6) is 0 Å². The van der Waals surface area contributed by atoms with Crippen LogP contribution in [0.15, 0.2) is 0 Å². The summed E-state index contributed by atoms with van der Waals surface area (Å²) in [5.41, 5.74) is 5.82. The molecular formula is C10H22NO3P. The number of nitrogens with two attached hydrogens (primary N) is 1. The minimum Gasteiger partial charge on any atom is -0.393 e. The van der Waals surface area contributed by atoms with Gasteiger partial charge in [0.15, 0.2) is 0 Å². The third-order valence-corrected chi connectivity index (χ3v) is 5.10. The first-order valence-electron chi connectivity index (χ1n) is 5.63. The molecule has 0 aromatic carbocycles. The van der Waals surface area contributed by atoms with Crippen molar-refractivity contribution in [2.24, 2.45) is 11.7 Å². The number of aliphatic hydroxyl groups is 1. The van der Waals surface area contributed by atoms with Crippen molar-refractivity contribution >= 4 is 7.37 Å². The Kier molecular flexibility index (Phi) is 4.78. The van der Waals surface area contributed by atoms with Crippen molar-refractivity contribution in [3.63, 3.8) is 0 Å². The molecule has 0 aromatic rings. The molecule has 0 bridgehead atoms. The molecular weight excluding hydrogens is 213 g/mol. The van der Waals surface area contributed by atoms with Crippen LogP contribution in [0.2, 0.25) is 0 Å². The van der Waals surface area contributed by atoms with Gasteiger partial charge in [-0.3, -0.25) is 4.57 Å². The van der Waals surface area contributed by atoms with Crippen molar-refractivity contribution in [1.82, 2.24) is 0 Å². The van der Waals surface area contributed by atoms with Crippen molar-refractivity contribution in [3.05, 3.63) is 0 Å². The third-order valence-electron chi connectivity index (χ3n) is 2.92. The summed E-state index contributed by atoms with van der Waals surface area (Å²) in [6.07, 6.45) is 3.58. The topological polar surface area (TPSA) is 83.5 Å². The van der Waals surface area contributed by atoms with Crippen LogP contribution in [0.4, 0.5) is 0 Å². The lowest BCUT2D eigenvalue weighted by molar-refractivity contribution is 0.213. The summed E-state index contributed by atoms with van der Waals surface area (Å²) in [6.45, 7) is 1.55. The van der Waals surface area contributed by atoms with E-state index in [-0.39, 0.29) is 18.1 Å². The Morgan fingerprint density at radius 1 is 1.53 bits per heavy atom. The number of hydrogen-bond acceptors (Lipinski definition) is 3. The first kappa shape index (κ1) is 13.2. The van der Waals surface area contributed by atoms with Gasteiger partial charge in [-0.05, 0) is 32.1 Å². The second-order valence-electron chi connectivity index (χ2n) is 4.85. The maximum Gasteiger partial charge on any atom is 0.203 e. The van der Waals surface area contributed by atoms with Crippen molar-refractivity contribution in [3.8, 4) is 0 Å². The fourth-order valence-electron chi connectivity index (χ4n) is 2.39. The van der Waals surface area contributed by atoms with Gasteiger partial charge in [-0.2, -0.15) is 0 Å². The molecule has 90 valence electrons. The zero-order valence-corrected chi connectivity index (χ0v) is 10.2. The molecule has 1 rings (SSSR count). The van der Waals surface area contributed by atoms with Crippen LogP contribution < -0.4 is 5.73 Å². The van der Waals surface area contributed by atoms with Crippen LogP contribution >= 0.6 is 7.37 Å². The Labute approximate surface area is 91.3 Å². The first-order chi connectivity index (χ1) is 6.89. The van der Waals surface area contributed by atoms with Crippen molar-refractivity contribution in [2.75, 3.05) is 12.3 Å². The summed E-state index contributed by atoms with van der Waals surface area (Å²) in [5, 5.41) is 9.11. The van der Waals surface area contributed by atoms with Gasteiger partial charge in [0.2, 0.25) is 7.37 Å². The fourth-order valence-corrected chi connectivity index (χ4v) is 4.50. The molecule has 0 aliphatic heterocycles. The third kappa shape index (κ3) is 5.12. The highest BCUT2D eigenvalue weighted by Gasteiger charge is 2.28. The number of hydrogen-bond donors (Lipinski definition) is 3. The Hall–Kier alpha value is 0.110. The van der Waals surface area contributed by atoms with Crippen LogP contribution in [0.1, 0.15) is 32.6 Å². The van der Waals surface area contributed by atoms with Gasteiger partial charge in [0.05, 0.1) is 12.3 Å². The van der Waals surface area contributed by atoms with Crippen LogP contribution in [0.25, 0.3) is 0 Å². The normalized spacial score (nSPS) is 33.3. The van der Waals surface area contributed by atoms with Gasteiger partial charge >= 0.3 is 0 Å². The molecule has 1 saturated carbocycles. The Bertz CT molecular complexity index is 245. The summed E-state index contributed by atoms with van der Waals surface area (Å²) in [6, 6.07) is 0.190. The maximum atomic E-state index is 11.8. The molecule has 0 heterocycles. The van der Waals surface area contributed by atoms with E-state index in [0.717, 1.165) is 25.7 Å². The molecule has 0 aromatic heterocycles. The molecule has 3 unspecified atom stereocenters. The van der Waals surface area contributed by atoms with Crippen molar-refractivity contribution in [1.29, 1.82) is 0 Å². The Morgan fingerprint density at radius 2 is 2.20 bits per heavy atom. The molecule has 0 radical (unpaired) electrons. The lowest BCUT2D eigenvalue weighted by Gasteiger charge is -2.28.